The van der Waals surface area contributed by atoms with Crippen molar-refractivity contribution in [2.24, 2.45) is 0 Å². The molecular weight excluding hydrogens is 350 g/mol. The topological polar surface area (TPSA) is 84.2 Å². The third kappa shape index (κ3) is 3.52. The molecule has 0 unspecified atom stereocenters. The van der Waals surface area contributed by atoms with Gasteiger partial charge in [0.1, 0.15) is 5.69 Å². The van der Waals surface area contributed by atoms with E-state index in [9.17, 15) is 9.59 Å². The van der Waals surface area contributed by atoms with Crippen molar-refractivity contribution in [1.82, 2.24) is 10.3 Å². The summed E-state index contributed by atoms with van der Waals surface area (Å²) in [6.45, 7) is 1.85. The molecule has 1 aliphatic carbocycles. The number of rotatable bonds is 5. The van der Waals surface area contributed by atoms with Crippen LogP contribution in [0, 0.1) is 6.92 Å². The van der Waals surface area contributed by atoms with Gasteiger partial charge in [0, 0.05) is 22.2 Å². The second kappa shape index (κ2) is 6.76. The predicted octanol–water partition coefficient (Wildman–Crippen LogP) is 3.86. The van der Waals surface area contributed by atoms with Crippen molar-refractivity contribution in [3.63, 3.8) is 0 Å². The fraction of sp³-hybridized carbons (Fsp3) is 0.211. The molecular formula is C19H17N3O3S. The number of amides is 2. The van der Waals surface area contributed by atoms with Gasteiger partial charge in [0.2, 0.25) is 0 Å². The predicted molar refractivity (Wildman–Crippen MR) is 99.4 cm³/mol. The van der Waals surface area contributed by atoms with E-state index in [4.69, 9.17) is 4.42 Å². The number of furan rings is 1. The normalized spacial score (nSPS) is 13.4. The molecule has 2 amide bonds. The second-order valence-electron chi connectivity index (χ2n) is 6.18. The molecule has 1 aromatic carbocycles. The molecule has 2 heterocycles. The Hall–Kier alpha value is -2.93. The number of benzene rings is 1. The van der Waals surface area contributed by atoms with Crippen molar-refractivity contribution in [2.45, 2.75) is 25.8 Å². The minimum absolute atomic E-state index is 0.117. The third-order valence-corrected chi connectivity index (χ3v) is 5.02. The average molecular weight is 367 g/mol. The van der Waals surface area contributed by atoms with Gasteiger partial charge in [-0.15, -0.1) is 11.3 Å². The molecule has 1 fully saturated rings. The minimum Gasteiger partial charge on any atom is -0.462 e. The molecule has 0 radical (unpaired) electrons. The van der Waals surface area contributed by atoms with Crippen LogP contribution in [0.1, 0.15) is 38.6 Å². The number of carbonyl (C=O) groups is 2. The number of thiazole rings is 1. The van der Waals surface area contributed by atoms with E-state index in [-0.39, 0.29) is 11.8 Å². The molecule has 1 aliphatic rings. The quantitative estimate of drug-likeness (QED) is 0.717. The van der Waals surface area contributed by atoms with Crippen molar-refractivity contribution < 1.29 is 14.0 Å². The largest absolute Gasteiger partial charge is 0.462 e. The van der Waals surface area contributed by atoms with E-state index >= 15 is 0 Å². The van der Waals surface area contributed by atoms with Crippen molar-refractivity contribution in [2.75, 3.05) is 5.32 Å². The highest BCUT2D eigenvalue weighted by molar-refractivity contribution is 7.15. The molecule has 0 bridgehead atoms. The summed E-state index contributed by atoms with van der Waals surface area (Å²) in [6.07, 6.45) is 3.64. The van der Waals surface area contributed by atoms with E-state index in [1.807, 2.05) is 13.0 Å². The van der Waals surface area contributed by atoms with Gasteiger partial charge in [-0.25, -0.2) is 4.98 Å². The van der Waals surface area contributed by atoms with E-state index in [2.05, 4.69) is 15.6 Å². The Bertz CT molecular complexity index is 958. The zero-order valence-electron chi connectivity index (χ0n) is 14.1. The molecule has 0 atom stereocenters. The van der Waals surface area contributed by atoms with E-state index < -0.39 is 0 Å². The first-order valence-electron chi connectivity index (χ1n) is 8.34. The first-order chi connectivity index (χ1) is 12.6. The summed E-state index contributed by atoms with van der Waals surface area (Å²) in [5.74, 6) is 0.209. The second-order valence-corrected chi connectivity index (χ2v) is 7.39. The highest BCUT2D eigenvalue weighted by atomic mass is 32.1. The van der Waals surface area contributed by atoms with Crippen LogP contribution in [0.3, 0.4) is 0 Å². The van der Waals surface area contributed by atoms with Gasteiger partial charge in [-0.05, 0) is 50.1 Å². The van der Waals surface area contributed by atoms with Crippen molar-refractivity contribution >= 4 is 28.8 Å². The lowest BCUT2D eigenvalue weighted by Gasteiger charge is -2.07. The van der Waals surface area contributed by atoms with E-state index in [1.54, 1.807) is 36.6 Å². The van der Waals surface area contributed by atoms with Crippen LogP contribution in [0.2, 0.25) is 0 Å². The molecule has 2 aromatic heterocycles. The lowest BCUT2D eigenvalue weighted by molar-refractivity contribution is 0.0949. The summed E-state index contributed by atoms with van der Waals surface area (Å²) in [5.41, 5.74) is 1.45. The summed E-state index contributed by atoms with van der Waals surface area (Å²) in [7, 11) is 0. The Balaban J connectivity index is 1.50. The van der Waals surface area contributed by atoms with Gasteiger partial charge in [0.15, 0.2) is 10.8 Å². The number of hydrogen-bond acceptors (Lipinski definition) is 5. The standard InChI is InChI=1S/C19H17N3O3S/c1-11-16(22-19(26-11)15-6-3-9-25-15)18(24)21-14-5-2-4-12(10-14)17(23)20-13-7-8-13/h2-6,9-10,13H,7-8H2,1H3,(H,20,23)(H,21,24). The molecule has 7 heteroatoms. The molecule has 6 nitrogen and oxygen atoms in total. The number of hydrogen-bond donors (Lipinski definition) is 2. The lowest BCUT2D eigenvalue weighted by atomic mass is 10.2. The van der Waals surface area contributed by atoms with Crippen LogP contribution in [0.25, 0.3) is 10.8 Å². The molecule has 4 rings (SSSR count). The number of nitrogens with zero attached hydrogens (tertiary/aromatic N) is 1. The van der Waals surface area contributed by atoms with Crippen LogP contribution in [0.4, 0.5) is 5.69 Å². The SMILES string of the molecule is Cc1sc(-c2ccco2)nc1C(=O)Nc1cccc(C(=O)NC2CC2)c1. The maximum absolute atomic E-state index is 12.6. The molecule has 0 spiro atoms. The van der Waals surface area contributed by atoms with Crippen LogP contribution < -0.4 is 10.6 Å². The van der Waals surface area contributed by atoms with Crippen molar-refractivity contribution in [1.29, 1.82) is 0 Å². The highest BCUT2D eigenvalue weighted by Gasteiger charge is 2.24. The molecule has 2 N–H and O–H groups in total. The van der Waals surface area contributed by atoms with Gasteiger partial charge in [0.25, 0.3) is 11.8 Å². The monoisotopic (exact) mass is 367 g/mol. The number of nitrogens with one attached hydrogen (secondary N) is 2. The number of anilines is 1. The zero-order chi connectivity index (χ0) is 18.1. The molecule has 0 aliphatic heterocycles. The number of aryl methyl sites for hydroxylation is 1. The molecule has 132 valence electrons. The molecule has 26 heavy (non-hydrogen) atoms. The van der Waals surface area contributed by atoms with E-state index in [1.165, 1.54) is 11.3 Å². The summed E-state index contributed by atoms with van der Waals surface area (Å²) in [6, 6.07) is 10.8. The number of aromatic nitrogens is 1. The lowest BCUT2D eigenvalue weighted by Crippen LogP contribution is -2.25. The van der Waals surface area contributed by atoms with Crippen molar-refractivity contribution in [3.05, 3.63) is 58.8 Å². The summed E-state index contributed by atoms with van der Waals surface area (Å²) in [4.78, 5) is 29.9. The molecule has 0 saturated heterocycles. The highest BCUT2D eigenvalue weighted by Crippen LogP contribution is 2.28. The maximum atomic E-state index is 12.6. The summed E-state index contributed by atoms with van der Waals surface area (Å²) >= 11 is 1.40. The maximum Gasteiger partial charge on any atom is 0.275 e. The average Bonchev–Trinajstić information content (AvgIpc) is 3.11. The molecule has 3 aromatic rings. The fourth-order valence-electron chi connectivity index (χ4n) is 2.54. The Kier molecular flexibility index (Phi) is 4.30. The first kappa shape index (κ1) is 16.5. The summed E-state index contributed by atoms with van der Waals surface area (Å²) < 4.78 is 5.34. The Labute approximate surface area is 154 Å². The fourth-order valence-corrected chi connectivity index (χ4v) is 3.42. The van der Waals surface area contributed by atoms with Gasteiger partial charge in [-0.3, -0.25) is 9.59 Å². The molecule has 1 saturated carbocycles. The van der Waals surface area contributed by atoms with Gasteiger partial charge >= 0.3 is 0 Å². The van der Waals surface area contributed by atoms with Gasteiger partial charge in [-0.2, -0.15) is 0 Å². The van der Waals surface area contributed by atoms with Crippen LogP contribution in [0.5, 0.6) is 0 Å². The van der Waals surface area contributed by atoms with Crippen LogP contribution >= 0.6 is 11.3 Å². The van der Waals surface area contributed by atoms with E-state index in [0.29, 0.717) is 33.8 Å². The number of carbonyl (C=O) groups excluding carboxylic acids is 2. The summed E-state index contributed by atoms with van der Waals surface area (Å²) in [5, 5.41) is 6.42. The third-order valence-electron chi connectivity index (χ3n) is 4.04. The van der Waals surface area contributed by atoms with Crippen molar-refractivity contribution in [3.8, 4) is 10.8 Å². The minimum atomic E-state index is -0.309. The van der Waals surface area contributed by atoms with Gasteiger partial charge in [-0.1, -0.05) is 6.07 Å². The Morgan fingerprint density at radius 2 is 2.04 bits per heavy atom. The zero-order valence-corrected chi connectivity index (χ0v) is 14.9. The van der Waals surface area contributed by atoms with E-state index in [0.717, 1.165) is 17.7 Å². The first-order valence-corrected chi connectivity index (χ1v) is 9.15. The van der Waals surface area contributed by atoms with Crippen LogP contribution in [-0.4, -0.2) is 22.8 Å². The van der Waals surface area contributed by atoms with Crippen LogP contribution in [0.15, 0.2) is 47.1 Å². The smallest absolute Gasteiger partial charge is 0.275 e. The Morgan fingerprint density at radius 1 is 1.19 bits per heavy atom. The van der Waals surface area contributed by atoms with Crippen LogP contribution in [-0.2, 0) is 0 Å². The van der Waals surface area contributed by atoms with Gasteiger partial charge in [0.05, 0.1) is 6.26 Å². The Morgan fingerprint density at radius 3 is 2.77 bits per heavy atom. The van der Waals surface area contributed by atoms with Gasteiger partial charge < -0.3 is 15.1 Å².